The summed E-state index contributed by atoms with van der Waals surface area (Å²) >= 11 is 0. The van der Waals surface area contributed by atoms with Gasteiger partial charge in [-0.15, -0.1) is 0 Å². The number of hydrogen-bond acceptors (Lipinski definition) is 18. The minimum atomic E-state index is -1.45. The van der Waals surface area contributed by atoms with Gasteiger partial charge >= 0.3 is 11.9 Å². The number of nitrogens with zero attached hydrogens (tertiary/aromatic N) is 7. The van der Waals surface area contributed by atoms with Gasteiger partial charge in [0.1, 0.15) is 35.1 Å². The van der Waals surface area contributed by atoms with Gasteiger partial charge in [0.2, 0.25) is 41.1 Å². The summed E-state index contributed by atoms with van der Waals surface area (Å²) in [5.41, 5.74) is 13.3. The topological polar surface area (TPSA) is 381 Å². The minimum Gasteiger partial charge on any atom is -0.494 e. The van der Waals surface area contributed by atoms with Crippen molar-refractivity contribution in [2.45, 2.75) is 78.9 Å². The summed E-state index contributed by atoms with van der Waals surface area (Å²) in [5, 5.41) is 17.2. The van der Waals surface area contributed by atoms with Crippen LogP contribution in [-0.4, -0.2) is 125 Å². The number of hydrogen-bond donors (Lipinski definition) is 6. The maximum Gasteiger partial charge on any atom is 0.328 e. The molecule has 1 aliphatic rings. The molecule has 0 radical (unpaired) electrons. The number of allylic oxidation sites excluding steroid dienone is 2. The van der Waals surface area contributed by atoms with Gasteiger partial charge in [0, 0.05) is 63.1 Å². The Hall–Kier alpha value is -9.69. The number of aromatic nitrogens is 6. The third-order valence-corrected chi connectivity index (χ3v) is 11.5. The number of imidazole rings is 2. The number of aryl methyl sites for hydroxylation is 4. The number of nitrogens with two attached hydrogens (primary N) is 2. The van der Waals surface area contributed by atoms with Crippen molar-refractivity contribution in [1.29, 1.82) is 0 Å². The van der Waals surface area contributed by atoms with Crippen LogP contribution in [-0.2, 0) is 54.6 Å². The van der Waals surface area contributed by atoms with Crippen molar-refractivity contribution in [3.8, 4) is 11.5 Å². The third-order valence-electron chi connectivity index (χ3n) is 11.5. The summed E-state index contributed by atoms with van der Waals surface area (Å²) in [6.07, 6.45) is 5.25. The average molecular weight is 1050 g/mol. The highest BCUT2D eigenvalue weighted by Crippen LogP contribution is 2.33. The number of benzene rings is 2. The maximum absolute atomic E-state index is 13.8. The van der Waals surface area contributed by atoms with E-state index in [1.54, 1.807) is 42.1 Å². The molecule has 7 amide bonds. The first kappa shape index (κ1) is 54.1. The molecule has 0 saturated carbocycles. The number of oxazole rings is 2. The number of carboxylic acids is 1. The van der Waals surface area contributed by atoms with Crippen LogP contribution < -0.4 is 36.9 Å². The summed E-state index contributed by atoms with van der Waals surface area (Å²) in [5.74, 6) is -6.77. The van der Waals surface area contributed by atoms with Crippen LogP contribution in [0.3, 0.4) is 0 Å². The molecule has 0 bridgehead atoms. The molecule has 0 aliphatic carbocycles. The van der Waals surface area contributed by atoms with Crippen molar-refractivity contribution in [3.05, 3.63) is 94.4 Å². The Morgan fingerprint density at radius 2 is 1.24 bits per heavy atom. The van der Waals surface area contributed by atoms with E-state index in [0.717, 1.165) is 12.2 Å². The van der Waals surface area contributed by atoms with Crippen LogP contribution >= 0.6 is 0 Å². The van der Waals surface area contributed by atoms with Crippen molar-refractivity contribution >= 4 is 87.3 Å². The lowest BCUT2D eigenvalue weighted by atomic mass is 10.1. The van der Waals surface area contributed by atoms with Crippen molar-refractivity contribution in [3.63, 3.8) is 0 Å². The molecule has 2 aromatic carbocycles. The second-order valence-electron chi connectivity index (χ2n) is 16.8. The maximum atomic E-state index is 13.8. The molecule has 7 rings (SSSR count). The Kier molecular flexibility index (Phi) is 16.7. The number of fused-ring (bicyclic) bond motifs is 2. The Balaban J connectivity index is 1.17. The summed E-state index contributed by atoms with van der Waals surface area (Å²) in [6.45, 7) is 5.61. The number of carbonyl (C=O) groups excluding carboxylic acids is 8. The van der Waals surface area contributed by atoms with Crippen LogP contribution in [0, 0.1) is 13.8 Å². The SMILES string of the molecule is CCc1nc(C)oc1C(=O)Nc1nc2cc(C(N)=O)cc(OC)c2n1C/C=C/Cn1c(NC(=O)c2oc(C)nc2CC)nc2cc(C(N)=O)cc(OCCCOC(=O)[C@H](CCC(=O)O)NC(=O)CN3C(=O)C=CC3=O)c21. The number of ether oxygens (including phenoxy) is 3. The lowest BCUT2D eigenvalue weighted by Crippen LogP contribution is -2.47. The molecule has 27 nitrogen and oxygen atoms in total. The largest absolute Gasteiger partial charge is 0.494 e. The zero-order valence-electron chi connectivity index (χ0n) is 41.7. The van der Waals surface area contributed by atoms with Crippen molar-refractivity contribution in [1.82, 2.24) is 39.3 Å². The van der Waals surface area contributed by atoms with E-state index in [-0.39, 0.29) is 114 Å². The number of nitrogens with one attached hydrogen (secondary N) is 3. The van der Waals surface area contributed by atoms with Gasteiger partial charge in [0.25, 0.3) is 23.6 Å². The van der Waals surface area contributed by atoms with E-state index in [1.165, 1.54) is 31.4 Å². The van der Waals surface area contributed by atoms with Crippen LogP contribution in [0.5, 0.6) is 11.5 Å². The number of rotatable bonds is 25. The van der Waals surface area contributed by atoms with Crippen LogP contribution in [0.4, 0.5) is 11.9 Å². The van der Waals surface area contributed by atoms with Gasteiger partial charge in [-0.25, -0.2) is 24.7 Å². The van der Waals surface area contributed by atoms with Gasteiger partial charge in [0.15, 0.2) is 11.8 Å². The molecule has 4 aromatic heterocycles. The Bertz CT molecular complexity index is 3360. The van der Waals surface area contributed by atoms with Crippen molar-refractivity contribution in [2.24, 2.45) is 11.5 Å². The standard InChI is InChI=1S/C49H52N12O15/c1-6-28-41(75-24(3)52-28)45(69)57-48-55-31-19-26(43(50)67)21-33(72-5)39(31)59(48)15-8-9-16-60-40-32(56-49(60)58-46(70)42-29(7-2)53-25(4)76-42)20-27(44(51)68)22-34(40)73-17-10-18-74-47(71)30(11-14-38(65)66)54-35(62)23-61-36(63)12-13-37(61)64/h8-9,12-13,19-22,30H,6-7,10-11,14-18,23H2,1-5H3,(H2,50,67)(H2,51,68)(H,54,62)(H,65,66)(H,55,57,69)(H,56,58,70)/b9-8+/t30-/m0/s1. The molecule has 0 unspecified atom stereocenters. The molecule has 1 aliphatic heterocycles. The van der Waals surface area contributed by atoms with E-state index in [4.69, 9.17) is 34.5 Å². The number of aliphatic carboxylic acids is 1. The number of imide groups is 1. The van der Waals surface area contributed by atoms with Gasteiger partial charge in [-0.1, -0.05) is 26.0 Å². The van der Waals surface area contributed by atoms with E-state index in [9.17, 15) is 48.3 Å². The number of amides is 7. The molecule has 1 atom stereocenters. The average Bonchev–Trinajstić information content (AvgIpc) is 4.20. The number of esters is 1. The fourth-order valence-electron chi connectivity index (χ4n) is 8.01. The molecule has 5 heterocycles. The molecule has 8 N–H and O–H groups in total. The molecule has 398 valence electrons. The summed E-state index contributed by atoms with van der Waals surface area (Å²) in [6, 6.07) is 4.20. The zero-order valence-corrected chi connectivity index (χ0v) is 41.7. The fourth-order valence-corrected chi connectivity index (χ4v) is 8.01. The summed E-state index contributed by atoms with van der Waals surface area (Å²) in [4.78, 5) is 132. The predicted octanol–water partition coefficient (Wildman–Crippen LogP) is 2.66. The van der Waals surface area contributed by atoms with E-state index in [2.05, 4.69) is 35.9 Å². The molecule has 0 spiro atoms. The number of methoxy groups -OCH3 is 1. The second-order valence-corrected chi connectivity index (χ2v) is 16.8. The summed E-state index contributed by atoms with van der Waals surface area (Å²) < 4.78 is 31.7. The van der Waals surface area contributed by atoms with Crippen LogP contribution in [0.15, 0.2) is 57.4 Å². The highest BCUT2D eigenvalue weighted by atomic mass is 16.5. The van der Waals surface area contributed by atoms with Gasteiger partial charge in [-0.05, 0) is 43.5 Å². The minimum absolute atomic E-state index is 0.0102. The number of primary amides is 2. The first-order valence-electron chi connectivity index (χ1n) is 23.6. The van der Waals surface area contributed by atoms with E-state index in [0.29, 0.717) is 34.6 Å². The highest BCUT2D eigenvalue weighted by Gasteiger charge is 2.30. The Morgan fingerprint density at radius 3 is 1.71 bits per heavy atom. The normalized spacial score (nSPS) is 12.7. The lowest BCUT2D eigenvalue weighted by Gasteiger charge is -2.19. The van der Waals surface area contributed by atoms with Gasteiger partial charge in [-0.2, -0.15) is 0 Å². The molecule has 27 heteroatoms. The Labute approximate surface area is 430 Å². The first-order valence-corrected chi connectivity index (χ1v) is 23.6. The van der Waals surface area contributed by atoms with Crippen LogP contribution in [0.25, 0.3) is 22.1 Å². The van der Waals surface area contributed by atoms with E-state index >= 15 is 0 Å². The van der Waals surface area contributed by atoms with E-state index < -0.39 is 72.3 Å². The zero-order chi connectivity index (χ0) is 55.0. The first-order chi connectivity index (χ1) is 36.3. The van der Waals surface area contributed by atoms with Crippen LogP contribution in [0.2, 0.25) is 0 Å². The van der Waals surface area contributed by atoms with Gasteiger partial charge in [-0.3, -0.25) is 53.9 Å². The lowest BCUT2D eigenvalue weighted by molar-refractivity contribution is -0.149. The number of carboxylic acid groups (broad SMARTS) is 1. The molecule has 76 heavy (non-hydrogen) atoms. The Morgan fingerprint density at radius 1 is 0.737 bits per heavy atom. The smallest absolute Gasteiger partial charge is 0.328 e. The van der Waals surface area contributed by atoms with Crippen molar-refractivity contribution < 1.29 is 71.3 Å². The second kappa shape index (κ2) is 23.5. The predicted molar refractivity (Wildman–Crippen MR) is 265 cm³/mol. The highest BCUT2D eigenvalue weighted by molar-refractivity contribution is 6.14. The molecular weight excluding hydrogens is 997 g/mol. The van der Waals surface area contributed by atoms with E-state index in [1.807, 2.05) is 6.92 Å². The van der Waals surface area contributed by atoms with Gasteiger partial charge < -0.3 is 54.1 Å². The molecule has 6 aromatic rings. The van der Waals surface area contributed by atoms with Crippen LogP contribution in [0.1, 0.15) is 98.1 Å². The monoisotopic (exact) mass is 1050 g/mol. The fraction of sp³-hybridized carbons (Fsp3) is 0.327. The number of carbonyl (C=O) groups is 9. The molecule has 0 fully saturated rings. The molecule has 0 saturated heterocycles. The number of anilines is 2. The van der Waals surface area contributed by atoms with Crippen molar-refractivity contribution in [2.75, 3.05) is 37.5 Å². The third kappa shape index (κ3) is 12.2. The molecular formula is C49H52N12O15. The van der Waals surface area contributed by atoms with Gasteiger partial charge in [0.05, 0.1) is 42.7 Å². The quantitative estimate of drug-likeness (QED) is 0.0208. The summed E-state index contributed by atoms with van der Waals surface area (Å²) in [7, 11) is 1.39.